The summed E-state index contributed by atoms with van der Waals surface area (Å²) in [7, 11) is -2.42. The minimum Gasteiger partial charge on any atom is -0.497 e. The van der Waals surface area contributed by atoms with Gasteiger partial charge in [0, 0.05) is 0 Å². The molecule has 1 aliphatic heterocycles. The van der Waals surface area contributed by atoms with Crippen LogP contribution in [0.5, 0.6) is 5.75 Å². The van der Waals surface area contributed by atoms with Crippen LogP contribution in [0.25, 0.3) is 0 Å². The van der Waals surface area contributed by atoms with Gasteiger partial charge >= 0.3 is 0 Å². The summed E-state index contributed by atoms with van der Waals surface area (Å²) in [5, 5.41) is 2.08. The van der Waals surface area contributed by atoms with Gasteiger partial charge in [-0.1, -0.05) is 0 Å². The van der Waals surface area contributed by atoms with Crippen molar-refractivity contribution < 1.29 is 22.7 Å². The first-order chi connectivity index (χ1) is 9.75. The van der Waals surface area contributed by atoms with Crippen LogP contribution in [0.3, 0.4) is 0 Å². The van der Waals surface area contributed by atoms with E-state index in [9.17, 15) is 18.0 Å². The number of carbonyl (C=O) groups excluding carboxylic acids is 2. The molecule has 1 aromatic rings. The smallest absolute Gasteiger partial charge is 0.244 e. The minimum absolute atomic E-state index is 0.103. The Kier molecular flexibility index (Phi) is 4.02. The Morgan fingerprint density at radius 2 is 1.57 bits per heavy atom. The zero-order valence-electron chi connectivity index (χ0n) is 12.0. The van der Waals surface area contributed by atoms with Crippen LogP contribution in [0, 0.1) is 13.8 Å². The van der Waals surface area contributed by atoms with Crippen molar-refractivity contribution in [2.24, 2.45) is 0 Å². The van der Waals surface area contributed by atoms with Crippen LogP contribution >= 0.6 is 0 Å². The Hall–Kier alpha value is -1.93. The van der Waals surface area contributed by atoms with Crippen molar-refractivity contribution in [2.45, 2.75) is 18.7 Å². The molecule has 2 rings (SSSR count). The molecule has 0 aliphatic carbocycles. The molecule has 0 radical (unpaired) electrons. The van der Waals surface area contributed by atoms with Crippen molar-refractivity contribution in [3.05, 3.63) is 23.3 Å². The number of hydrogen-bond acceptors (Lipinski definition) is 5. The number of carbonyl (C=O) groups is 2. The first kappa shape index (κ1) is 15.5. The molecule has 0 saturated carbocycles. The van der Waals surface area contributed by atoms with Crippen molar-refractivity contribution in [1.29, 1.82) is 0 Å². The van der Waals surface area contributed by atoms with E-state index in [1.807, 2.05) is 0 Å². The molecule has 1 heterocycles. The first-order valence-electron chi connectivity index (χ1n) is 6.23. The summed E-state index contributed by atoms with van der Waals surface area (Å²) in [4.78, 5) is 22.9. The predicted octanol–water partition coefficient (Wildman–Crippen LogP) is -0.0409. The summed E-state index contributed by atoms with van der Waals surface area (Å²) in [6.45, 7) is 2.57. The van der Waals surface area contributed by atoms with E-state index in [-0.39, 0.29) is 18.0 Å². The van der Waals surface area contributed by atoms with Crippen LogP contribution < -0.4 is 10.1 Å². The highest BCUT2D eigenvalue weighted by atomic mass is 32.2. The Morgan fingerprint density at radius 3 is 2.00 bits per heavy atom. The molecule has 1 aromatic carbocycles. The highest BCUT2D eigenvalue weighted by Crippen LogP contribution is 2.28. The highest BCUT2D eigenvalue weighted by Gasteiger charge is 2.34. The zero-order valence-corrected chi connectivity index (χ0v) is 12.8. The number of benzene rings is 1. The molecule has 0 aromatic heterocycles. The van der Waals surface area contributed by atoms with Crippen LogP contribution in [0.15, 0.2) is 17.0 Å². The van der Waals surface area contributed by atoms with Crippen molar-refractivity contribution in [3.63, 3.8) is 0 Å². The Morgan fingerprint density at radius 1 is 1.10 bits per heavy atom. The SMILES string of the molecule is COc1cc(C)c(S(=O)(=O)N2CC(=O)NC(=O)C2)c(C)c1. The molecule has 1 fully saturated rings. The second kappa shape index (κ2) is 5.45. The molecule has 114 valence electrons. The Labute approximate surface area is 122 Å². The van der Waals surface area contributed by atoms with Crippen LogP contribution in [0.4, 0.5) is 0 Å². The third kappa shape index (κ3) is 2.91. The third-order valence-electron chi connectivity index (χ3n) is 3.19. The molecule has 0 bridgehead atoms. The lowest BCUT2D eigenvalue weighted by Crippen LogP contribution is -2.53. The fraction of sp³-hybridized carbons (Fsp3) is 0.385. The summed E-state index contributed by atoms with van der Waals surface area (Å²) >= 11 is 0. The lowest BCUT2D eigenvalue weighted by atomic mass is 10.1. The molecule has 21 heavy (non-hydrogen) atoms. The van der Waals surface area contributed by atoms with Crippen molar-refractivity contribution in [2.75, 3.05) is 20.2 Å². The summed E-state index contributed by atoms with van der Waals surface area (Å²) in [5.74, 6) is -0.700. The highest BCUT2D eigenvalue weighted by molar-refractivity contribution is 7.89. The van der Waals surface area contributed by atoms with Gasteiger partial charge in [-0.15, -0.1) is 0 Å². The number of amides is 2. The van der Waals surface area contributed by atoms with Crippen LogP contribution in [-0.4, -0.2) is 44.7 Å². The molecule has 0 unspecified atom stereocenters. The zero-order chi connectivity index (χ0) is 15.8. The quantitative estimate of drug-likeness (QED) is 0.791. The van der Waals surface area contributed by atoms with E-state index in [2.05, 4.69) is 5.32 Å². The van der Waals surface area contributed by atoms with Crippen molar-refractivity contribution in [3.8, 4) is 5.75 Å². The van der Waals surface area contributed by atoms with E-state index < -0.39 is 21.8 Å². The lowest BCUT2D eigenvalue weighted by Gasteiger charge is -2.26. The van der Waals surface area contributed by atoms with E-state index in [0.29, 0.717) is 16.9 Å². The summed E-state index contributed by atoms with van der Waals surface area (Å²) < 4.78 is 31.3. The number of imide groups is 1. The van der Waals surface area contributed by atoms with Gasteiger partial charge in [0.25, 0.3) is 0 Å². The van der Waals surface area contributed by atoms with Gasteiger partial charge in [0.2, 0.25) is 21.8 Å². The molecule has 1 N–H and O–H groups in total. The molecule has 1 aliphatic rings. The van der Waals surface area contributed by atoms with Crippen LogP contribution in [0.2, 0.25) is 0 Å². The number of aryl methyl sites for hydroxylation is 2. The summed E-state index contributed by atoms with van der Waals surface area (Å²) in [5.41, 5.74) is 1.01. The lowest BCUT2D eigenvalue weighted by molar-refractivity contribution is -0.134. The van der Waals surface area contributed by atoms with Crippen LogP contribution in [-0.2, 0) is 19.6 Å². The van der Waals surface area contributed by atoms with Gasteiger partial charge in [-0.2, -0.15) is 4.31 Å². The summed E-state index contributed by atoms with van der Waals surface area (Å²) in [6, 6.07) is 3.21. The first-order valence-corrected chi connectivity index (χ1v) is 7.67. The van der Waals surface area contributed by atoms with Gasteiger partial charge in [-0.05, 0) is 37.1 Å². The Bertz CT molecular complexity index is 672. The van der Waals surface area contributed by atoms with Gasteiger partial charge < -0.3 is 4.74 Å². The maximum Gasteiger partial charge on any atom is 0.244 e. The molecular weight excluding hydrogens is 296 g/mol. The Balaban J connectivity index is 2.49. The number of nitrogens with one attached hydrogen (secondary N) is 1. The van der Waals surface area contributed by atoms with E-state index in [1.54, 1.807) is 26.0 Å². The number of ether oxygens (including phenoxy) is 1. The summed E-state index contributed by atoms with van der Waals surface area (Å²) in [6.07, 6.45) is 0. The normalized spacial score (nSPS) is 16.7. The molecular formula is C13H16N2O5S. The van der Waals surface area contributed by atoms with Crippen molar-refractivity contribution >= 4 is 21.8 Å². The fourth-order valence-corrected chi connectivity index (χ4v) is 4.11. The monoisotopic (exact) mass is 312 g/mol. The van der Waals surface area contributed by atoms with E-state index in [4.69, 9.17) is 4.74 Å². The number of rotatable bonds is 3. The maximum absolute atomic E-state index is 12.7. The number of nitrogens with zero attached hydrogens (tertiary/aromatic N) is 1. The average molecular weight is 312 g/mol. The van der Waals surface area contributed by atoms with Gasteiger partial charge in [-0.25, -0.2) is 8.42 Å². The van der Waals surface area contributed by atoms with Gasteiger partial charge in [0.1, 0.15) is 5.75 Å². The predicted molar refractivity (Wildman–Crippen MR) is 74.4 cm³/mol. The maximum atomic E-state index is 12.7. The molecule has 2 amide bonds. The van der Waals surface area contributed by atoms with E-state index in [1.165, 1.54) is 7.11 Å². The van der Waals surface area contributed by atoms with Gasteiger partial charge in [0.15, 0.2) is 0 Å². The molecule has 0 atom stereocenters. The molecule has 0 spiro atoms. The van der Waals surface area contributed by atoms with Gasteiger partial charge in [0.05, 0.1) is 25.1 Å². The van der Waals surface area contributed by atoms with E-state index >= 15 is 0 Å². The minimum atomic E-state index is -3.92. The largest absolute Gasteiger partial charge is 0.497 e. The molecule has 1 saturated heterocycles. The number of hydrogen-bond donors (Lipinski definition) is 1. The van der Waals surface area contributed by atoms with Crippen LogP contribution in [0.1, 0.15) is 11.1 Å². The standard InChI is InChI=1S/C13H16N2O5S/c1-8-4-10(20-3)5-9(2)13(8)21(18,19)15-6-11(16)14-12(17)7-15/h4-5H,6-7H2,1-3H3,(H,14,16,17). The topological polar surface area (TPSA) is 92.8 Å². The number of piperazine rings is 1. The van der Waals surface area contributed by atoms with Gasteiger partial charge in [-0.3, -0.25) is 14.9 Å². The second-order valence-electron chi connectivity index (χ2n) is 4.83. The second-order valence-corrected chi connectivity index (χ2v) is 6.71. The van der Waals surface area contributed by atoms with E-state index in [0.717, 1.165) is 4.31 Å². The average Bonchev–Trinajstić information content (AvgIpc) is 2.36. The third-order valence-corrected chi connectivity index (χ3v) is 5.28. The number of methoxy groups -OCH3 is 1. The fourth-order valence-electron chi connectivity index (χ4n) is 2.35. The van der Waals surface area contributed by atoms with Crippen molar-refractivity contribution in [1.82, 2.24) is 9.62 Å². The molecule has 8 heteroatoms. The molecule has 7 nitrogen and oxygen atoms in total. The number of sulfonamides is 1.